The number of nitrogens with zero attached hydrogens (tertiary/aromatic N) is 4. The van der Waals surface area contributed by atoms with E-state index in [0.717, 1.165) is 18.6 Å². The normalized spacial score (nSPS) is 18.5. The van der Waals surface area contributed by atoms with E-state index in [9.17, 15) is 13.6 Å². The van der Waals surface area contributed by atoms with Gasteiger partial charge in [0.2, 0.25) is 5.82 Å². The van der Waals surface area contributed by atoms with E-state index >= 15 is 0 Å². The lowest BCUT2D eigenvalue weighted by Gasteiger charge is -2.23. The van der Waals surface area contributed by atoms with Gasteiger partial charge in [0, 0.05) is 18.5 Å². The van der Waals surface area contributed by atoms with Crippen LogP contribution in [0.3, 0.4) is 0 Å². The van der Waals surface area contributed by atoms with Crippen LogP contribution in [0.2, 0.25) is 0 Å². The first-order valence-electron chi connectivity index (χ1n) is 7.17. The SMILES string of the molecule is CCC[C@H]1SCCN1C(=O)c1ccc2nnc(C(F)F)n2c1. The van der Waals surface area contributed by atoms with Crippen molar-refractivity contribution in [3.63, 3.8) is 0 Å². The van der Waals surface area contributed by atoms with Gasteiger partial charge in [-0.25, -0.2) is 8.78 Å². The molecule has 2 aromatic heterocycles. The summed E-state index contributed by atoms with van der Waals surface area (Å²) in [5.41, 5.74) is 0.700. The van der Waals surface area contributed by atoms with Crippen LogP contribution in [0, 0.1) is 0 Å². The molecule has 1 fully saturated rings. The molecule has 0 radical (unpaired) electrons. The second-order valence-electron chi connectivity index (χ2n) is 5.12. The van der Waals surface area contributed by atoms with Gasteiger partial charge in [0.05, 0.1) is 10.9 Å². The quantitative estimate of drug-likeness (QED) is 0.867. The lowest BCUT2D eigenvalue weighted by molar-refractivity contribution is 0.0755. The van der Waals surface area contributed by atoms with Gasteiger partial charge in [0.25, 0.3) is 12.3 Å². The maximum atomic E-state index is 12.9. The Bertz CT molecular complexity index is 691. The molecular weight excluding hydrogens is 310 g/mol. The molecule has 1 aliphatic heterocycles. The summed E-state index contributed by atoms with van der Waals surface area (Å²) in [6.45, 7) is 2.77. The minimum Gasteiger partial charge on any atom is -0.326 e. The predicted octanol–water partition coefficient (Wildman–Crippen LogP) is 2.98. The highest BCUT2D eigenvalue weighted by atomic mass is 32.2. The van der Waals surface area contributed by atoms with Crippen molar-refractivity contribution in [3.05, 3.63) is 29.7 Å². The van der Waals surface area contributed by atoms with E-state index in [-0.39, 0.29) is 11.3 Å². The van der Waals surface area contributed by atoms with Crippen LogP contribution in [0.15, 0.2) is 18.3 Å². The third-order valence-electron chi connectivity index (χ3n) is 3.66. The molecule has 1 saturated heterocycles. The lowest BCUT2D eigenvalue weighted by atomic mass is 10.2. The van der Waals surface area contributed by atoms with Crippen molar-refractivity contribution < 1.29 is 13.6 Å². The maximum absolute atomic E-state index is 12.9. The number of alkyl halides is 2. The second kappa shape index (κ2) is 6.20. The molecule has 22 heavy (non-hydrogen) atoms. The van der Waals surface area contributed by atoms with Gasteiger partial charge in [0.1, 0.15) is 0 Å². The van der Waals surface area contributed by atoms with Crippen LogP contribution in [-0.2, 0) is 0 Å². The summed E-state index contributed by atoms with van der Waals surface area (Å²) in [4.78, 5) is 14.5. The summed E-state index contributed by atoms with van der Waals surface area (Å²) in [7, 11) is 0. The second-order valence-corrected chi connectivity index (χ2v) is 6.40. The number of carbonyl (C=O) groups excluding carboxylic acids is 1. The van der Waals surface area contributed by atoms with Crippen LogP contribution in [0.1, 0.15) is 42.4 Å². The monoisotopic (exact) mass is 326 g/mol. The highest BCUT2D eigenvalue weighted by molar-refractivity contribution is 8.00. The Morgan fingerprint density at radius 1 is 1.45 bits per heavy atom. The zero-order valence-corrected chi connectivity index (χ0v) is 12.9. The summed E-state index contributed by atoms with van der Waals surface area (Å²) in [5, 5.41) is 7.33. The Morgan fingerprint density at radius 2 is 2.27 bits per heavy atom. The van der Waals surface area contributed by atoms with E-state index < -0.39 is 12.2 Å². The van der Waals surface area contributed by atoms with Gasteiger partial charge in [0.15, 0.2) is 5.65 Å². The summed E-state index contributed by atoms with van der Waals surface area (Å²) in [6.07, 6.45) is 0.621. The average molecular weight is 326 g/mol. The Labute approximate surface area is 130 Å². The fourth-order valence-corrected chi connectivity index (χ4v) is 3.95. The Hall–Kier alpha value is -1.70. The number of hydrogen-bond acceptors (Lipinski definition) is 4. The van der Waals surface area contributed by atoms with Crippen molar-refractivity contribution >= 4 is 23.3 Å². The van der Waals surface area contributed by atoms with E-state index in [1.807, 2.05) is 4.90 Å². The number of halogens is 2. The molecule has 0 unspecified atom stereocenters. The molecule has 0 aliphatic carbocycles. The van der Waals surface area contributed by atoms with Gasteiger partial charge >= 0.3 is 0 Å². The highest BCUT2D eigenvalue weighted by Crippen LogP contribution is 2.29. The highest BCUT2D eigenvalue weighted by Gasteiger charge is 2.29. The summed E-state index contributed by atoms with van der Waals surface area (Å²) < 4.78 is 27.0. The number of thioether (sulfide) groups is 1. The molecule has 8 heteroatoms. The van der Waals surface area contributed by atoms with Gasteiger partial charge in [-0.1, -0.05) is 13.3 Å². The Kier molecular flexibility index (Phi) is 4.28. The standard InChI is InChI=1S/C14H16F2N4OS/c1-2-3-11-19(6-7-22-11)14(21)9-4-5-10-17-18-13(12(15)16)20(10)8-9/h4-5,8,11-12H,2-3,6-7H2,1H3/t11-/m1/s1. The molecule has 0 N–H and O–H groups in total. The molecule has 3 rings (SSSR count). The number of rotatable bonds is 4. The van der Waals surface area contributed by atoms with Crippen molar-refractivity contribution in [2.75, 3.05) is 12.3 Å². The number of carbonyl (C=O) groups is 1. The number of pyridine rings is 1. The summed E-state index contributed by atoms with van der Waals surface area (Å²) >= 11 is 1.76. The van der Waals surface area contributed by atoms with Crippen molar-refractivity contribution in [2.24, 2.45) is 0 Å². The van der Waals surface area contributed by atoms with Crippen molar-refractivity contribution in [3.8, 4) is 0 Å². The maximum Gasteiger partial charge on any atom is 0.297 e. The van der Waals surface area contributed by atoms with Crippen molar-refractivity contribution in [1.82, 2.24) is 19.5 Å². The van der Waals surface area contributed by atoms with E-state index in [1.54, 1.807) is 23.9 Å². The van der Waals surface area contributed by atoms with Crippen molar-refractivity contribution in [2.45, 2.75) is 31.6 Å². The number of aromatic nitrogens is 3. The first-order valence-corrected chi connectivity index (χ1v) is 8.22. The van der Waals surface area contributed by atoms with Crippen molar-refractivity contribution in [1.29, 1.82) is 0 Å². The van der Waals surface area contributed by atoms with E-state index in [2.05, 4.69) is 17.1 Å². The molecule has 5 nitrogen and oxygen atoms in total. The van der Waals surface area contributed by atoms with Gasteiger partial charge in [-0.3, -0.25) is 9.20 Å². The molecule has 3 heterocycles. The van der Waals surface area contributed by atoms with Crippen LogP contribution >= 0.6 is 11.8 Å². The third-order valence-corrected chi connectivity index (χ3v) is 4.95. The topological polar surface area (TPSA) is 50.5 Å². The lowest BCUT2D eigenvalue weighted by Crippen LogP contribution is -2.34. The van der Waals surface area contributed by atoms with Crippen LogP contribution in [0.25, 0.3) is 5.65 Å². The predicted molar refractivity (Wildman–Crippen MR) is 80.1 cm³/mol. The minimum absolute atomic E-state index is 0.126. The zero-order valence-electron chi connectivity index (χ0n) is 12.1. The molecule has 118 valence electrons. The van der Waals surface area contributed by atoms with Crippen LogP contribution < -0.4 is 0 Å². The molecular formula is C14H16F2N4OS. The van der Waals surface area contributed by atoms with Crippen LogP contribution in [0.4, 0.5) is 8.78 Å². The summed E-state index contributed by atoms with van der Waals surface area (Å²) in [5.74, 6) is 0.345. The first-order chi connectivity index (χ1) is 10.6. The Morgan fingerprint density at radius 3 is 3.00 bits per heavy atom. The third kappa shape index (κ3) is 2.67. The molecule has 0 aromatic carbocycles. The van der Waals surface area contributed by atoms with Gasteiger partial charge in [-0.05, 0) is 18.6 Å². The summed E-state index contributed by atoms with van der Waals surface area (Å²) in [6, 6.07) is 3.16. The fourth-order valence-electron chi connectivity index (χ4n) is 2.59. The number of fused-ring (bicyclic) bond motifs is 1. The van der Waals surface area contributed by atoms with Crippen LogP contribution in [0.5, 0.6) is 0 Å². The van der Waals surface area contributed by atoms with Crippen LogP contribution in [-0.4, -0.2) is 43.1 Å². The molecule has 0 saturated carbocycles. The van der Waals surface area contributed by atoms with Gasteiger partial charge in [-0.2, -0.15) is 0 Å². The number of amides is 1. The van der Waals surface area contributed by atoms with E-state index in [1.165, 1.54) is 10.6 Å². The Balaban J connectivity index is 1.92. The number of hydrogen-bond donors (Lipinski definition) is 0. The largest absolute Gasteiger partial charge is 0.326 e. The molecule has 1 aliphatic rings. The van der Waals surface area contributed by atoms with E-state index in [4.69, 9.17) is 0 Å². The molecule has 0 spiro atoms. The first kappa shape index (κ1) is 15.2. The fraction of sp³-hybridized carbons (Fsp3) is 0.500. The minimum atomic E-state index is -2.73. The van der Waals surface area contributed by atoms with Gasteiger partial charge < -0.3 is 4.90 Å². The van der Waals surface area contributed by atoms with E-state index in [0.29, 0.717) is 17.8 Å². The molecule has 1 amide bonds. The molecule has 0 bridgehead atoms. The zero-order chi connectivity index (χ0) is 15.7. The van der Waals surface area contributed by atoms with Gasteiger partial charge in [-0.15, -0.1) is 22.0 Å². The molecule has 1 atom stereocenters. The molecule has 2 aromatic rings. The smallest absolute Gasteiger partial charge is 0.297 e. The average Bonchev–Trinajstić information content (AvgIpc) is 3.12.